The second-order valence-corrected chi connectivity index (χ2v) is 5.86. The van der Waals surface area contributed by atoms with Crippen molar-refractivity contribution in [3.63, 3.8) is 0 Å². The van der Waals surface area contributed by atoms with Crippen LogP contribution >= 0.6 is 0 Å². The Balaban J connectivity index is 1.80. The molecule has 0 saturated carbocycles. The summed E-state index contributed by atoms with van der Waals surface area (Å²) in [4.78, 5) is 28.8. The standard InChI is InChI=1S/C20H19N3O3/c1-26-14-8-6-13(7-9-14)12-18(19(21)24)23-20(25)16-10-11-22-17-5-3-2-4-15(16)17/h2-11,18H,12H2,1H3,(H2,21,24)(H,23,25)/t18-/m1/s1. The summed E-state index contributed by atoms with van der Waals surface area (Å²) in [5.41, 5.74) is 7.53. The highest BCUT2D eigenvalue weighted by Gasteiger charge is 2.20. The van der Waals surface area contributed by atoms with Crippen molar-refractivity contribution in [3.8, 4) is 5.75 Å². The van der Waals surface area contributed by atoms with Gasteiger partial charge in [-0.05, 0) is 29.8 Å². The van der Waals surface area contributed by atoms with Crippen LogP contribution in [0.15, 0.2) is 60.8 Å². The molecule has 0 aliphatic carbocycles. The minimum absolute atomic E-state index is 0.300. The van der Waals surface area contributed by atoms with E-state index in [1.807, 2.05) is 36.4 Å². The number of nitrogens with one attached hydrogen (secondary N) is 1. The highest BCUT2D eigenvalue weighted by atomic mass is 16.5. The molecule has 3 aromatic rings. The third kappa shape index (κ3) is 3.80. The number of fused-ring (bicyclic) bond motifs is 1. The van der Waals surface area contributed by atoms with Crippen molar-refractivity contribution in [2.75, 3.05) is 7.11 Å². The van der Waals surface area contributed by atoms with Crippen LogP contribution in [0.1, 0.15) is 15.9 Å². The number of methoxy groups -OCH3 is 1. The summed E-state index contributed by atoms with van der Waals surface area (Å²) in [7, 11) is 1.58. The molecule has 1 atom stereocenters. The fourth-order valence-electron chi connectivity index (χ4n) is 2.75. The Morgan fingerprint density at radius 3 is 2.54 bits per heavy atom. The Kier molecular flexibility index (Phi) is 5.12. The van der Waals surface area contributed by atoms with Gasteiger partial charge < -0.3 is 15.8 Å². The van der Waals surface area contributed by atoms with Gasteiger partial charge in [-0.2, -0.15) is 0 Å². The lowest BCUT2D eigenvalue weighted by Crippen LogP contribution is -2.45. The third-order valence-corrected chi connectivity index (χ3v) is 4.14. The smallest absolute Gasteiger partial charge is 0.252 e. The van der Waals surface area contributed by atoms with Gasteiger partial charge in [-0.3, -0.25) is 14.6 Å². The van der Waals surface area contributed by atoms with Crippen LogP contribution in [0, 0.1) is 0 Å². The van der Waals surface area contributed by atoms with E-state index in [-0.39, 0.29) is 5.91 Å². The molecule has 26 heavy (non-hydrogen) atoms. The maximum atomic E-state index is 12.7. The molecular weight excluding hydrogens is 330 g/mol. The monoisotopic (exact) mass is 349 g/mol. The molecule has 0 radical (unpaired) electrons. The number of nitrogens with two attached hydrogens (primary N) is 1. The molecule has 3 N–H and O–H groups in total. The zero-order chi connectivity index (χ0) is 18.5. The number of pyridine rings is 1. The first-order valence-corrected chi connectivity index (χ1v) is 8.15. The van der Waals surface area contributed by atoms with E-state index < -0.39 is 11.9 Å². The van der Waals surface area contributed by atoms with E-state index in [9.17, 15) is 9.59 Å². The van der Waals surface area contributed by atoms with Crippen molar-refractivity contribution in [2.24, 2.45) is 5.73 Å². The van der Waals surface area contributed by atoms with Gasteiger partial charge in [-0.1, -0.05) is 30.3 Å². The molecule has 2 aromatic carbocycles. The molecule has 1 heterocycles. The molecular formula is C20H19N3O3. The highest BCUT2D eigenvalue weighted by Crippen LogP contribution is 2.17. The summed E-state index contributed by atoms with van der Waals surface area (Å²) >= 11 is 0. The summed E-state index contributed by atoms with van der Waals surface area (Å²) in [5, 5.41) is 3.45. The summed E-state index contributed by atoms with van der Waals surface area (Å²) in [6.45, 7) is 0. The second-order valence-electron chi connectivity index (χ2n) is 5.86. The molecule has 132 valence electrons. The molecule has 3 rings (SSSR count). The molecule has 0 spiro atoms. The van der Waals surface area contributed by atoms with E-state index in [0.29, 0.717) is 17.5 Å². The lowest BCUT2D eigenvalue weighted by atomic mass is 10.0. The number of ether oxygens (including phenoxy) is 1. The van der Waals surface area contributed by atoms with Crippen LogP contribution in [0.25, 0.3) is 10.9 Å². The van der Waals surface area contributed by atoms with Gasteiger partial charge in [0.15, 0.2) is 0 Å². The number of benzene rings is 2. The molecule has 0 fully saturated rings. The van der Waals surface area contributed by atoms with Crippen LogP contribution in [-0.4, -0.2) is 29.9 Å². The van der Waals surface area contributed by atoms with Crippen LogP contribution < -0.4 is 15.8 Å². The molecule has 1 aromatic heterocycles. The van der Waals surface area contributed by atoms with E-state index in [0.717, 1.165) is 16.7 Å². The summed E-state index contributed by atoms with van der Waals surface area (Å²) < 4.78 is 5.12. The van der Waals surface area contributed by atoms with Crippen molar-refractivity contribution in [2.45, 2.75) is 12.5 Å². The molecule has 0 unspecified atom stereocenters. The van der Waals surface area contributed by atoms with E-state index in [4.69, 9.17) is 10.5 Å². The van der Waals surface area contributed by atoms with Gasteiger partial charge in [0.2, 0.25) is 5.91 Å². The van der Waals surface area contributed by atoms with Crippen LogP contribution in [0.2, 0.25) is 0 Å². The highest BCUT2D eigenvalue weighted by molar-refractivity contribution is 6.07. The average Bonchev–Trinajstić information content (AvgIpc) is 2.67. The predicted molar refractivity (Wildman–Crippen MR) is 98.9 cm³/mol. The van der Waals surface area contributed by atoms with Crippen LogP contribution in [0.5, 0.6) is 5.75 Å². The zero-order valence-corrected chi connectivity index (χ0v) is 14.3. The Bertz CT molecular complexity index is 933. The number of nitrogens with zero attached hydrogens (tertiary/aromatic N) is 1. The first kappa shape index (κ1) is 17.4. The topological polar surface area (TPSA) is 94.3 Å². The van der Waals surface area contributed by atoms with Gasteiger partial charge in [-0.25, -0.2) is 0 Å². The van der Waals surface area contributed by atoms with E-state index in [1.165, 1.54) is 0 Å². The average molecular weight is 349 g/mol. The van der Waals surface area contributed by atoms with Gasteiger partial charge in [0, 0.05) is 18.0 Å². The maximum absolute atomic E-state index is 12.7. The van der Waals surface area contributed by atoms with E-state index in [1.54, 1.807) is 31.5 Å². The number of primary amides is 1. The molecule has 2 amide bonds. The van der Waals surface area contributed by atoms with Crippen LogP contribution in [-0.2, 0) is 11.2 Å². The molecule has 0 saturated heterocycles. The fourth-order valence-corrected chi connectivity index (χ4v) is 2.75. The largest absolute Gasteiger partial charge is 0.497 e. The normalized spacial score (nSPS) is 11.7. The molecule has 6 heteroatoms. The van der Waals surface area contributed by atoms with Crippen molar-refractivity contribution in [1.82, 2.24) is 10.3 Å². The second kappa shape index (κ2) is 7.65. The summed E-state index contributed by atoms with van der Waals surface area (Å²) in [6, 6.07) is 15.4. The number of rotatable bonds is 6. The van der Waals surface area contributed by atoms with E-state index in [2.05, 4.69) is 10.3 Å². The SMILES string of the molecule is COc1ccc(C[C@@H](NC(=O)c2ccnc3ccccc23)C(N)=O)cc1. The number of hydrogen-bond acceptors (Lipinski definition) is 4. The third-order valence-electron chi connectivity index (χ3n) is 4.14. The molecule has 0 bridgehead atoms. The Morgan fingerprint density at radius 1 is 1.12 bits per heavy atom. The first-order chi connectivity index (χ1) is 12.6. The number of carbonyl (C=O) groups excluding carboxylic acids is 2. The zero-order valence-electron chi connectivity index (χ0n) is 14.3. The Hall–Kier alpha value is -3.41. The number of aromatic nitrogens is 1. The van der Waals surface area contributed by atoms with Crippen molar-refractivity contribution in [3.05, 3.63) is 71.9 Å². The molecule has 0 aliphatic rings. The summed E-state index contributed by atoms with van der Waals surface area (Å²) in [5.74, 6) is -0.231. The number of amides is 2. The van der Waals surface area contributed by atoms with Crippen LogP contribution in [0.3, 0.4) is 0 Å². The number of carbonyl (C=O) groups is 2. The van der Waals surface area contributed by atoms with Gasteiger partial charge in [-0.15, -0.1) is 0 Å². The van der Waals surface area contributed by atoms with E-state index >= 15 is 0 Å². The first-order valence-electron chi connectivity index (χ1n) is 8.15. The number of hydrogen-bond donors (Lipinski definition) is 2. The lowest BCUT2D eigenvalue weighted by molar-refractivity contribution is -0.119. The summed E-state index contributed by atoms with van der Waals surface area (Å²) in [6.07, 6.45) is 1.87. The maximum Gasteiger partial charge on any atom is 0.252 e. The van der Waals surface area contributed by atoms with Gasteiger partial charge >= 0.3 is 0 Å². The predicted octanol–water partition coefficient (Wildman–Crippen LogP) is 2.07. The fraction of sp³-hybridized carbons (Fsp3) is 0.150. The van der Waals surface area contributed by atoms with Gasteiger partial charge in [0.05, 0.1) is 18.2 Å². The Morgan fingerprint density at radius 2 is 1.85 bits per heavy atom. The number of para-hydroxylation sites is 1. The minimum atomic E-state index is -0.817. The Labute approximate surface area is 151 Å². The molecule has 0 aliphatic heterocycles. The minimum Gasteiger partial charge on any atom is -0.497 e. The van der Waals surface area contributed by atoms with Crippen LogP contribution in [0.4, 0.5) is 0 Å². The quantitative estimate of drug-likeness (QED) is 0.712. The van der Waals surface area contributed by atoms with Crippen molar-refractivity contribution >= 4 is 22.7 Å². The van der Waals surface area contributed by atoms with Crippen molar-refractivity contribution in [1.29, 1.82) is 0 Å². The van der Waals surface area contributed by atoms with Gasteiger partial charge in [0.25, 0.3) is 5.91 Å². The lowest BCUT2D eigenvalue weighted by Gasteiger charge is -2.16. The molecule has 6 nitrogen and oxygen atoms in total. The van der Waals surface area contributed by atoms with Crippen molar-refractivity contribution < 1.29 is 14.3 Å². The van der Waals surface area contributed by atoms with Gasteiger partial charge in [0.1, 0.15) is 11.8 Å².